The van der Waals surface area contributed by atoms with Crippen molar-refractivity contribution in [2.75, 3.05) is 39.4 Å². The molecule has 0 aliphatic carbocycles. The van der Waals surface area contributed by atoms with Crippen LogP contribution in [0.4, 0.5) is 4.39 Å². The van der Waals surface area contributed by atoms with Crippen molar-refractivity contribution in [1.29, 1.82) is 0 Å². The van der Waals surface area contributed by atoms with Gasteiger partial charge in [0.15, 0.2) is 5.58 Å². The maximum Gasteiger partial charge on any atom is 0.209 e. The fraction of sp³-hybridized carbons (Fsp3) is 0.524. The molecule has 2 aromatic heterocycles. The van der Waals surface area contributed by atoms with Crippen molar-refractivity contribution in [2.24, 2.45) is 0 Å². The van der Waals surface area contributed by atoms with Crippen molar-refractivity contribution in [3.8, 4) is 0 Å². The molecule has 2 fully saturated rings. The number of rotatable bonds is 5. The van der Waals surface area contributed by atoms with Gasteiger partial charge in [-0.25, -0.2) is 9.37 Å². The molecule has 1 atom stereocenters. The molecule has 7 nitrogen and oxygen atoms in total. The largest absolute Gasteiger partial charge is 0.439 e. The van der Waals surface area contributed by atoms with Crippen LogP contribution in [0.15, 0.2) is 28.8 Å². The Labute approximate surface area is 168 Å². The summed E-state index contributed by atoms with van der Waals surface area (Å²) in [5.41, 5.74) is 3.75. The first-order valence-corrected chi connectivity index (χ1v) is 10.3. The van der Waals surface area contributed by atoms with Gasteiger partial charge in [0.05, 0.1) is 26.0 Å². The van der Waals surface area contributed by atoms with Crippen molar-refractivity contribution in [3.63, 3.8) is 0 Å². The summed E-state index contributed by atoms with van der Waals surface area (Å²) in [6.07, 6.45) is 4.24. The minimum atomic E-state index is -0.289. The molecule has 29 heavy (non-hydrogen) atoms. The van der Waals surface area contributed by atoms with Gasteiger partial charge >= 0.3 is 0 Å². The average molecular weight is 399 g/mol. The van der Waals surface area contributed by atoms with Crippen LogP contribution in [-0.4, -0.2) is 64.4 Å². The molecule has 0 amide bonds. The molecular formula is C21H26FN5O2. The Kier molecular flexibility index (Phi) is 5.30. The molecular weight excluding hydrogens is 373 g/mol. The number of nitrogens with zero attached hydrogens (tertiary/aromatic N) is 4. The Morgan fingerprint density at radius 3 is 2.93 bits per heavy atom. The predicted molar refractivity (Wildman–Crippen MR) is 106 cm³/mol. The second-order valence-electron chi connectivity index (χ2n) is 7.99. The lowest BCUT2D eigenvalue weighted by Crippen LogP contribution is -2.37. The van der Waals surface area contributed by atoms with Crippen LogP contribution in [0.1, 0.15) is 35.9 Å². The van der Waals surface area contributed by atoms with Crippen LogP contribution in [0.3, 0.4) is 0 Å². The van der Waals surface area contributed by atoms with E-state index < -0.39 is 0 Å². The van der Waals surface area contributed by atoms with Gasteiger partial charge in [0.25, 0.3) is 0 Å². The van der Waals surface area contributed by atoms with Gasteiger partial charge in [0, 0.05) is 49.4 Å². The summed E-state index contributed by atoms with van der Waals surface area (Å²) in [4.78, 5) is 9.26. The maximum atomic E-state index is 13.4. The highest BCUT2D eigenvalue weighted by molar-refractivity contribution is 5.72. The number of likely N-dealkylation sites (tertiary alicyclic amines) is 1. The van der Waals surface area contributed by atoms with Crippen molar-refractivity contribution in [1.82, 2.24) is 25.0 Å². The molecule has 0 saturated carbocycles. The number of aromatic nitrogens is 3. The lowest BCUT2D eigenvalue weighted by atomic mass is 9.92. The number of nitrogens with one attached hydrogen (secondary N) is 1. The van der Waals surface area contributed by atoms with E-state index in [0.717, 1.165) is 58.8 Å². The zero-order chi connectivity index (χ0) is 19.6. The molecule has 154 valence electrons. The Bertz CT molecular complexity index is 965. The molecule has 4 heterocycles. The third-order valence-electron chi connectivity index (χ3n) is 5.92. The van der Waals surface area contributed by atoms with Gasteiger partial charge in [-0.3, -0.25) is 14.9 Å². The molecule has 0 spiro atoms. The van der Waals surface area contributed by atoms with Crippen LogP contribution < -0.4 is 0 Å². The number of hydrogen-bond acceptors (Lipinski definition) is 6. The van der Waals surface area contributed by atoms with E-state index >= 15 is 0 Å². The minimum absolute atomic E-state index is 0.289. The van der Waals surface area contributed by atoms with Crippen LogP contribution in [0.5, 0.6) is 0 Å². The normalized spacial score (nSPS) is 21.8. The maximum absolute atomic E-state index is 13.4. The quantitative estimate of drug-likeness (QED) is 0.711. The summed E-state index contributed by atoms with van der Waals surface area (Å²) in [5, 5.41) is 7.60. The van der Waals surface area contributed by atoms with Crippen molar-refractivity contribution < 1.29 is 13.5 Å². The smallest absolute Gasteiger partial charge is 0.209 e. The van der Waals surface area contributed by atoms with E-state index in [0.29, 0.717) is 29.5 Å². The third kappa shape index (κ3) is 4.19. The first kappa shape index (κ1) is 18.7. The number of piperidine rings is 1. The Hall–Kier alpha value is -2.29. The molecule has 1 unspecified atom stereocenters. The van der Waals surface area contributed by atoms with Crippen molar-refractivity contribution >= 4 is 11.1 Å². The van der Waals surface area contributed by atoms with E-state index in [1.54, 1.807) is 6.07 Å². The zero-order valence-corrected chi connectivity index (χ0v) is 16.4. The average Bonchev–Trinajstić information content (AvgIpc) is 3.35. The highest BCUT2D eigenvalue weighted by atomic mass is 19.1. The number of aromatic amines is 1. The number of fused-ring (bicyclic) bond motifs is 1. The number of morpholine rings is 1. The molecule has 0 radical (unpaired) electrons. The number of benzene rings is 1. The van der Waals surface area contributed by atoms with Crippen LogP contribution >= 0.6 is 0 Å². The van der Waals surface area contributed by atoms with Crippen molar-refractivity contribution in [3.05, 3.63) is 47.4 Å². The first-order valence-electron chi connectivity index (χ1n) is 10.3. The number of H-pyrrole nitrogens is 1. The van der Waals surface area contributed by atoms with E-state index in [4.69, 9.17) is 9.15 Å². The first-order chi connectivity index (χ1) is 14.2. The van der Waals surface area contributed by atoms with E-state index in [2.05, 4.69) is 25.0 Å². The van der Waals surface area contributed by atoms with E-state index in [-0.39, 0.29) is 5.82 Å². The fourth-order valence-electron chi connectivity index (χ4n) is 4.44. The predicted octanol–water partition coefficient (Wildman–Crippen LogP) is 2.90. The molecule has 1 N–H and O–H groups in total. The molecule has 1 aromatic carbocycles. The van der Waals surface area contributed by atoms with Gasteiger partial charge in [0.2, 0.25) is 5.89 Å². The highest BCUT2D eigenvalue weighted by Crippen LogP contribution is 2.29. The molecule has 5 rings (SSSR count). The van der Waals surface area contributed by atoms with Gasteiger partial charge in [-0.1, -0.05) is 0 Å². The second-order valence-corrected chi connectivity index (χ2v) is 7.99. The Morgan fingerprint density at radius 2 is 2.03 bits per heavy atom. The monoisotopic (exact) mass is 399 g/mol. The molecule has 3 aromatic rings. The summed E-state index contributed by atoms with van der Waals surface area (Å²) in [6.45, 7) is 7.06. The van der Waals surface area contributed by atoms with E-state index in [1.165, 1.54) is 23.4 Å². The van der Waals surface area contributed by atoms with Crippen LogP contribution in [-0.2, 0) is 17.8 Å². The number of halogens is 1. The van der Waals surface area contributed by atoms with Crippen LogP contribution in [0.2, 0.25) is 0 Å². The fourth-order valence-corrected chi connectivity index (χ4v) is 4.44. The molecule has 8 heteroatoms. The lowest BCUT2D eigenvalue weighted by molar-refractivity contribution is 0.0339. The molecule has 2 aliphatic rings. The molecule has 0 bridgehead atoms. The SMILES string of the molecule is Fc1ccc2oc(CN3CCCC(c4[nH]ncc4CN4CCOCC4)C3)nc2c1. The Morgan fingerprint density at radius 1 is 1.14 bits per heavy atom. The van der Waals surface area contributed by atoms with Gasteiger partial charge < -0.3 is 9.15 Å². The summed E-state index contributed by atoms with van der Waals surface area (Å²) >= 11 is 0. The van der Waals surface area contributed by atoms with Crippen molar-refractivity contribution in [2.45, 2.75) is 31.8 Å². The van der Waals surface area contributed by atoms with Crippen LogP contribution in [0.25, 0.3) is 11.1 Å². The zero-order valence-electron chi connectivity index (χ0n) is 16.4. The number of hydrogen-bond donors (Lipinski definition) is 1. The van der Waals surface area contributed by atoms with Gasteiger partial charge in [0.1, 0.15) is 11.3 Å². The number of oxazole rings is 1. The Balaban J connectivity index is 1.26. The van der Waals surface area contributed by atoms with E-state index in [1.807, 2.05) is 6.20 Å². The van der Waals surface area contributed by atoms with Gasteiger partial charge in [-0.05, 0) is 31.5 Å². The van der Waals surface area contributed by atoms with Gasteiger partial charge in [-0.15, -0.1) is 0 Å². The summed E-state index contributed by atoms with van der Waals surface area (Å²) in [7, 11) is 0. The minimum Gasteiger partial charge on any atom is -0.439 e. The lowest BCUT2D eigenvalue weighted by Gasteiger charge is -2.32. The topological polar surface area (TPSA) is 70.4 Å². The standard InChI is InChI=1S/C21H26FN5O2/c22-17-3-4-19-18(10-17)24-20(29-19)14-27-5-1-2-15(12-27)21-16(11-23-25-21)13-26-6-8-28-9-7-26/h3-4,10-11,15H,1-2,5-9,12-14H2,(H,23,25). The number of ether oxygens (including phenoxy) is 1. The third-order valence-corrected chi connectivity index (χ3v) is 5.92. The molecule has 2 saturated heterocycles. The summed E-state index contributed by atoms with van der Waals surface area (Å²) in [5.74, 6) is 0.774. The highest BCUT2D eigenvalue weighted by Gasteiger charge is 2.26. The molecule has 2 aliphatic heterocycles. The van der Waals surface area contributed by atoms with Crippen LogP contribution in [0, 0.1) is 5.82 Å². The summed E-state index contributed by atoms with van der Waals surface area (Å²) < 4.78 is 24.7. The van der Waals surface area contributed by atoms with Gasteiger partial charge in [-0.2, -0.15) is 5.10 Å². The van der Waals surface area contributed by atoms with E-state index in [9.17, 15) is 4.39 Å². The summed E-state index contributed by atoms with van der Waals surface area (Å²) in [6, 6.07) is 4.47. The second kappa shape index (κ2) is 8.22.